The number of nitrogens with zero attached hydrogens (tertiary/aromatic N) is 4. The molecule has 126 valence electrons. The molecule has 3 aromatic rings. The number of thiazole rings is 1. The lowest BCUT2D eigenvalue weighted by atomic mass is 9.98. The zero-order valence-corrected chi connectivity index (χ0v) is 16.4. The van der Waals surface area contributed by atoms with Gasteiger partial charge in [-0.05, 0) is 50.2 Å². The fourth-order valence-corrected chi connectivity index (χ4v) is 5.44. The van der Waals surface area contributed by atoms with Gasteiger partial charge >= 0.3 is 0 Å². The second kappa shape index (κ2) is 6.80. The summed E-state index contributed by atoms with van der Waals surface area (Å²) >= 11 is 14.8. The maximum atomic E-state index is 6.07. The molecule has 0 spiro atoms. The van der Waals surface area contributed by atoms with Crippen molar-refractivity contribution in [2.45, 2.75) is 32.4 Å². The molecule has 1 saturated heterocycles. The lowest BCUT2D eigenvalue weighted by Gasteiger charge is -2.30. The van der Waals surface area contributed by atoms with E-state index in [1.165, 1.54) is 9.71 Å². The third kappa shape index (κ3) is 3.41. The van der Waals surface area contributed by atoms with Crippen LogP contribution in [-0.2, 0) is 6.67 Å². The van der Waals surface area contributed by atoms with Crippen LogP contribution >= 0.6 is 46.5 Å². The number of aryl methyl sites for hydroxylation is 1. The summed E-state index contributed by atoms with van der Waals surface area (Å²) in [5, 5.41) is 7.51. The first kappa shape index (κ1) is 16.6. The summed E-state index contributed by atoms with van der Waals surface area (Å²) < 4.78 is 4.02. The number of benzene rings is 1. The summed E-state index contributed by atoms with van der Waals surface area (Å²) in [7, 11) is 0. The normalized spacial score (nSPS) is 16.9. The van der Waals surface area contributed by atoms with Gasteiger partial charge in [0, 0.05) is 24.0 Å². The molecule has 0 saturated carbocycles. The van der Waals surface area contributed by atoms with Crippen molar-refractivity contribution >= 4 is 56.7 Å². The number of halogens is 1. The Kier molecular flexibility index (Phi) is 4.70. The molecule has 0 radical (unpaired) electrons. The third-order valence-corrected chi connectivity index (χ3v) is 7.00. The Balaban J connectivity index is 1.43. The van der Waals surface area contributed by atoms with E-state index in [0.29, 0.717) is 5.92 Å². The van der Waals surface area contributed by atoms with Gasteiger partial charge in [0.1, 0.15) is 5.01 Å². The largest absolute Gasteiger partial charge is 0.284 e. The molecule has 2 aromatic heterocycles. The highest BCUT2D eigenvalue weighted by Crippen LogP contribution is 2.34. The maximum absolute atomic E-state index is 6.07. The van der Waals surface area contributed by atoms with Crippen LogP contribution in [0.5, 0.6) is 0 Å². The summed E-state index contributed by atoms with van der Waals surface area (Å²) in [6.07, 6.45) is 2.26. The SMILES string of the molecule is Cc1nn(CN2CCC(c3nc4cc(Cl)ccc4s3)CC2)c(=S)s1. The van der Waals surface area contributed by atoms with Gasteiger partial charge in [0.05, 0.1) is 21.9 Å². The molecule has 0 bridgehead atoms. The van der Waals surface area contributed by atoms with Crippen LogP contribution in [-0.4, -0.2) is 32.8 Å². The van der Waals surface area contributed by atoms with Gasteiger partial charge in [-0.25, -0.2) is 9.67 Å². The number of likely N-dealkylation sites (tertiary alicyclic amines) is 1. The molecule has 0 atom stereocenters. The molecule has 3 heterocycles. The Bertz CT molecular complexity index is 921. The summed E-state index contributed by atoms with van der Waals surface area (Å²) in [5.41, 5.74) is 1.02. The predicted molar refractivity (Wildman–Crippen MR) is 104 cm³/mol. The van der Waals surface area contributed by atoms with Gasteiger partial charge in [-0.2, -0.15) is 5.10 Å². The smallest absolute Gasteiger partial charge is 0.180 e. The van der Waals surface area contributed by atoms with Crippen LogP contribution in [0.2, 0.25) is 5.02 Å². The van der Waals surface area contributed by atoms with Crippen molar-refractivity contribution in [2.75, 3.05) is 13.1 Å². The number of rotatable bonds is 3. The molecule has 4 nitrogen and oxygen atoms in total. The Labute approximate surface area is 158 Å². The molecule has 0 amide bonds. The quantitative estimate of drug-likeness (QED) is 0.578. The summed E-state index contributed by atoms with van der Waals surface area (Å²) in [6, 6.07) is 5.96. The molecule has 1 fully saturated rings. The zero-order chi connectivity index (χ0) is 16.7. The van der Waals surface area contributed by atoms with Gasteiger partial charge < -0.3 is 0 Å². The summed E-state index contributed by atoms with van der Waals surface area (Å²) in [6.45, 7) is 4.91. The molecule has 4 rings (SSSR count). The van der Waals surface area contributed by atoms with Crippen LogP contribution in [0.25, 0.3) is 10.2 Å². The second-order valence-corrected chi connectivity index (χ2v) is 9.41. The van der Waals surface area contributed by atoms with E-state index in [2.05, 4.69) is 16.1 Å². The van der Waals surface area contributed by atoms with Crippen molar-refractivity contribution < 1.29 is 0 Å². The molecule has 0 unspecified atom stereocenters. The van der Waals surface area contributed by atoms with Crippen LogP contribution in [0.4, 0.5) is 0 Å². The molecule has 0 N–H and O–H groups in total. The van der Waals surface area contributed by atoms with Gasteiger partial charge in [-0.1, -0.05) is 22.9 Å². The van der Waals surface area contributed by atoms with E-state index >= 15 is 0 Å². The van der Waals surface area contributed by atoms with Crippen LogP contribution in [0.3, 0.4) is 0 Å². The molecule has 1 aromatic carbocycles. The zero-order valence-electron chi connectivity index (χ0n) is 13.2. The highest BCUT2D eigenvalue weighted by Gasteiger charge is 2.23. The lowest BCUT2D eigenvalue weighted by Crippen LogP contribution is -2.34. The van der Waals surface area contributed by atoms with Crippen LogP contribution < -0.4 is 0 Å². The molecular weight excluding hydrogens is 380 g/mol. The van der Waals surface area contributed by atoms with Crippen molar-refractivity contribution in [2.24, 2.45) is 0 Å². The highest BCUT2D eigenvalue weighted by molar-refractivity contribution is 7.73. The number of hydrogen-bond acceptors (Lipinski definition) is 6. The third-order valence-electron chi connectivity index (χ3n) is 4.34. The Morgan fingerprint density at radius 1 is 1.29 bits per heavy atom. The molecule has 0 aliphatic carbocycles. The van der Waals surface area contributed by atoms with Crippen molar-refractivity contribution in [1.29, 1.82) is 0 Å². The van der Waals surface area contributed by atoms with E-state index in [0.717, 1.165) is 52.1 Å². The molecule has 1 aliphatic rings. The van der Waals surface area contributed by atoms with E-state index in [1.807, 2.05) is 23.7 Å². The number of hydrogen-bond donors (Lipinski definition) is 0. The Morgan fingerprint density at radius 2 is 2.08 bits per heavy atom. The number of aromatic nitrogens is 3. The van der Waals surface area contributed by atoms with Gasteiger partial charge in [0.2, 0.25) is 0 Å². The van der Waals surface area contributed by atoms with Gasteiger partial charge in [-0.3, -0.25) is 4.90 Å². The van der Waals surface area contributed by atoms with Gasteiger partial charge in [0.25, 0.3) is 0 Å². The fourth-order valence-electron chi connectivity index (χ4n) is 3.10. The Hall–Kier alpha value is -0.860. The maximum Gasteiger partial charge on any atom is 0.180 e. The van der Waals surface area contributed by atoms with E-state index in [9.17, 15) is 0 Å². The minimum absolute atomic E-state index is 0.544. The van der Waals surface area contributed by atoms with E-state index in [1.54, 1.807) is 22.7 Å². The van der Waals surface area contributed by atoms with Gasteiger partial charge in [-0.15, -0.1) is 11.3 Å². The minimum atomic E-state index is 0.544. The van der Waals surface area contributed by atoms with Crippen molar-refractivity contribution in [3.8, 4) is 0 Å². The average molecular weight is 397 g/mol. The number of fused-ring (bicyclic) bond motifs is 1. The summed E-state index contributed by atoms with van der Waals surface area (Å²) in [5.74, 6) is 0.544. The van der Waals surface area contributed by atoms with Crippen LogP contribution in [0, 0.1) is 10.9 Å². The highest BCUT2D eigenvalue weighted by atomic mass is 35.5. The first-order valence-electron chi connectivity index (χ1n) is 7.91. The first-order chi connectivity index (χ1) is 11.6. The van der Waals surface area contributed by atoms with Crippen LogP contribution in [0.15, 0.2) is 18.2 Å². The van der Waals surface area contributed by atoms with E-state index < -0.39 is 0 Å². The van der Waals surface area contributed by atoms with Crippen molar-refractivity contribution in [3.63, 3.8) is 0 Å². The van der Waals surface area contributed by atoms with Gasteiger partial charge in [0.15, 0.2) is 3.95 Å². The number of piperidine rings is 1. The predicted octanol–water partition coefficient (Wildman–Crippen LogP) is 5.08. The van der Waals surface area contributed by atoms with Crippen molar-refractivity contribution in [1.82, 2.24) is 19.7 Å². The topological polar surface area (TPSA) is 34.0 Å². The Morgan fingerprint density at radius 3 is 2.79 bits per heavy atom. The minimum Gasteiger partial charge on any atom is -0.284 e. The van der Waals surface area contributed by atoms with Crippen LogP contribution in [0.1, 0.15) is 28.8 Å². The second-order valence-electron chi connectivity index (χ2n) is 6.08. The molecule has 8 heteroatoms. The van der Waals surface area contributed by atoms with E-state index in [4.69, 9.17) is 28.8 Å². The first-order valence-corrected chi connectivity index (χ1v) is 10.3. The molecule has 1 aliphatic heterocycles. The monoisotopic (exact) mass is 396 g/mol. The lowest BCUT2D eigenvalue weighted by molar-refractivity contribution is 0.160. The standard InChI is InChI=1S/C16H17ClN4S3/c1-10-19-21(16(22)23-10)9-20-6-4-11(5-7-20)15-18-13-8-12(17)2-3-14(13)24-15/h2-3,8,11H,4-7,9H2,1H3. The summed E-state index contributed by atoms with van der Waals surface area (Å²) in [4.78, 5) is 7.23. The molecule has 24 heavy (non-hydrogen) atoms. The fraction of sp³-hybridized carbons (Fsp3) is 0.438. The average Bonchev–Trinajstić information content (AvgIpc) is 3.10. The van der Waals surface area contributed by atoms with E-state index in [-0.39, 0.29) is 0 Å². The van der Waals surface area contributed by atoms with Crippen molar-refractivity contribution in [3.05, 3.63) is 37.2 Å². The molecular formula is C16H17ClN4S3.